The van der Waals surface area contributed by atoms with Gasteiger partial charge in [0.1, 0.15) is 11.3 Å². The number of ether oxygens (including phenoxy) is 1. The first-order valence-corrected chi connectivity index (χ1v) is 10.2. The highest BCUT2D eigenvalue weighted by Gasteiger charge is 2.43. The zero-order valence-electron chi connectivity index (χ0n) is 16.9. The van der Waals surface area contributed by atoms with Gasteiger partial charge in [-0.2, -0.15) is 0 Å². The third-order valence-corrected chi connectivity index (χ3v) is 5.79. The number of amides is 1. The normalized spacial score (nSPS) is 15.4. The Morgan fingerprint density at radius 1 is 1.00 bits per heavy atom. The van der Waals surface area contributed by atoms with Crippen LogP contribution in [0.25, 0.3) is 11.0 Å². The minimum absolute atomic E-state index is 0.0493. The van der Waals surface area contributed by atoms with Gasteiger partial charge >= 0.3 is 0 Å². The number of aryl methyl sites for hydroxylation is 1. The number of benzene rings is 3. The zero-order chi connectivity index (χ0) is 21.7. The highest BCUT2D eigenvalue weighted by Crippen LogP contribution is 2.42. The third-order valence-electron chi connectivity index (χ3n) is 5.56. The van der Waals surface area contributed by atoms with E-state index in [4.69, 9.17) is 20.8 Å². The summed E-state index contributed by atoms with van der Waals surface area (Å²) in [5.41, 5.74) is 2.89. The Labute approximate surface area is 183 Å². The Morgan fingerprint density at radius 3 is 2.52 bits per heavy atom. The molecule has 0 saturated carbocycles. The van der Waals surface area contributed by atoms with Crippen LogP contribution in [0.5, 0.6) is 5.75 Å². The summed E-state index contributed by atoms with van der Waals surface area (Å²) in [7, 11) is 1.57. The molecule has 5 rings (SSSR count). The second-order valence-corrected chi connectivity index (χ2v) is 7.94. The largest absolute Gasteiger partial charge is 0.497 e. The van der Waals surface area contributed by atoms with Crippen LogP contribution in [0.3, 0.4) is 0 Å². The van der Waals surface area contributed by atoms with Crippen LogP contribution in [0.2, 0.25) is 5.02 Å². The van der Waals surface area contributed by atoms with E-state index in [9.17, 15) is 9.59 Å². The topological polar surface area (TPSA) is 59.8 Å². The van der Waals surface area contributed by atoms with Gasteiger partial charge in [0, 0.05) is 16.8 Å². The van der Waals surface area contributed by atoms with E-state index in [1.807, 2.05) is 43.3 Å². The van der Waals surface area contributed by atoms with Crippen molar-refractivity contribution in [3.63, 3.8) is 0 Å². The van der Waals surface area contributed by atoms with Gasteiger partial charge in [-0.25, -0.2) is 0 Å². The molecule has 0 bridgehead atoms. The molecule has 1 aromatic heterocycles. The fraction of sp³-hybridized carbons (Fsp3) is 0.120. The molecule has 0 saturated heterocycles. The van der Waals surface area contributed by atoms with Crippen LogP contribution in [-0.4, -0.2) is 13.0 Å². The molecule has 154 valence electrons. The highest BCUT2D eigenvalue weighted by atomic mass is 35.5. The summed E-state index contributed by atoms with van der Waals surface area (Å²) in [5.74, 6) is 0.288. The molecule has 5 nitrogen and oxygen atoms in total. The van der Waals surface area contributed by atoms with E-state index in [1.165, 1.54) is 0 Å². The van der Waals surface area contributed by atoms with Gasteiger partial charge in [0.25, 0.3) is 5.91 Å². The van der Waals surface area contributed by atoms with E-state index in [0.29, 0.717) is 33.0 Å². The van der Waals surface area contributed by atoms with Gasteiger partial charge in [0.05, 0.1) is 24.1 Å². The smallest absolute Gasteiger partial charge is 0.295 e. The van der Waals surface area contributed by atoms with E-state index in [2.05, 4.69) is 0 Å². The zero-order valence-corrected chi connectivity index (χ0v) is 17.6. The van der Waals surface area contributed by atoms with Crippen LogP contribution in [-0.2, 0) is 0 Å². The number of rotatable bonds is 3. The lowest BCUT2D eigenvalue weighted by Crippen LogP contribution is -2.29. The fourth-order valence-corrected chi connectivity index (χ4v) is 4.21. The van der Waals surface area contributed by atoms with E-state index in [0.717, 1.165) is 11.1 Å². The van der Waals surface area contributed by atoms with E-state index < -0.39 is 6.04 Å². The maximum absolute atomic E-state index is 13.5. The molecule has 2 heterocycles. The van der Waals surface area contributed by atoms with Crippen molar-refractivity contribution in [3.05, 3.63) is 104 Å². The molecule has 3 aromatic carbocycles. The third kappa shape index (κ3) is 3.09. The highest BCUT2D eigenvalue weighted by molar-refractivity contribution is 6.31. The number of carbonyl (C=O) groups excluding carboxylic acids is 1. The molecule has 1 atom stereocenters. The van der Waals surface area contributed by atoms with Crippen molar-refractivity contribution in [1.82, 2.24) is 0 Å². The van der Waals surface area contributed by atoms with Crippen molar-refractivity contribution in [2.45, 2.75) is 13.0 Å². The maximum atomic E-state index is 13.5. The summed E-state index contributed by atoms with van der Waals surface area (Å²) >= 11 is 6.13. The molecule has 1 amide bonds. The Morgan fingerprint density at radius 2 is 1.77 bits per heavy atom. The molecule has 6 heteroatoms. The molecular formula is C25H18ClNO4. The summed E-state index contributed by atoms with van der Waals surface area (Å²) in [5, 5.41) is 0.782. The minimum Gasteiger partial charge on any atom is -0.497 e. The average molecular weight is 432 g/mol. The van der Waals surface area contributed by atoms with Crippen LogP contribution in [0.4, 0.5) is 5.69 Å². The summed E-state index contributed by atoms with van der Waals surface area (Å²) in [6.07, 6.45) is 0. The Balaban J connectivity index is 1.81. The van der Waals surface area contributed by atoms with E-state index in [1.54, 1.807) is 42.3 Å². The SMILES string of the molecule is COc1cccc(N2C(=O)c3oc4ccc(Cl)cc4c(=O)c3C2c2ccc(C)cc2)c1. The molecule has 0 aliphatic carbocycles. The predicted octanol–water partition coefficient (Wildman–Crippen LogP) is 5.51. The number of halogens is 1. The predicted molar refractivity (Wildman–Crippen MR) is 120 cm³/mol. The van der Waals surface area contributed by atoms with Gasteiger partial charge in [-0.05, 0) is 42.8 Å². The lowest BCUT2D eigenvalue weighted by Gasteiger charge is -2.25. The molecule has 1 aliphatic heterocycles. The number of nitrogens with zero attached hydrogens (tertiary/aromatic N) is 1. The lowest BCUT2D eigenvalue weighted by atomic mass is 9.97. The first-order chi connectivity index (χ1) is 15.0. The van der Waals surface area contributed by atoms with Crippen molar-refractivity contribution in [3.8, 4) is 5.75 Å². The molecule has 31 heavy (non-hydrogen) atoms. The average Bonchev–Trinajstić information content (AvgIpc) is 3.07. The van der Waals surface area contributed by atoms with Gasteiger partial charge in [-0.3, -0.25) is 14.5 Å². The van der Waals surface area contributed by atoms with Gasteiger partial charge in [-0.15, -0.1) is 0 Å². The number of anilines is 1. The van der Waals surface area contributed by atoms with Crippen molar-refractivity contribution in [2.24, 2.45) is 0 Å². The molecule has 1 aliphatic rings. The number of hydrogen-bond acceptors (Lipinski definition) is 4. The molecule has 0 N–H and O–H groups in total. The Kier molecular flexibility index (Phi) is 4.56. The Bertz CT molecular complexity index is 1390. The van der Waals surface area contributed by atoms with Gasteiger partial charge in [0.15, 0.2) is 5.43 Å². The van der Waals surface area contributed by atoms with Gasteiger partial charge in [0.2, 0.25) is 5.76 Å². The monoisotopic (exact) mass is 431 g/mol. The molecule has 1 unspecified atom stereocenters. The lowest BCUT2D eigenvalue weighted by molar-refractivity contribution is 0.0971. The first kappa shape index (κ1) is 19.4. The summed E-state index contributed by atoms with van der Waals surface area (Å²) in [4.78, 5) is 28.7. The van der Waals surface area contributed by atoms with Crippen LogP contribution in [0, 0.1) is 6.92 Å². The van der Waals surface area contributed by atoms with Crippen LogP contribution in [0.1, 0.15) is 33.3 Å². The van der Waals surface area contributed by atoms with Crippen molar-refractivity contribution in [2.75, 3.05) is 12.0 Å². The van der Waals surface area contributed by atoms with Crippen LogP contribution in [0.15, 0.2) is 75.9 Å². The quantitative estimate of drug-likeness (QED) is 0.429. The van der Waals surface area contributed by atoms with Crippen molar-refractivity contribution in [1.29, 1.82) is 0 Å². The minimum atomic E-state index is -0.630. The number of fused-ring (bicyclic) bond motifs is 2. The molecule has 0 radical (unpaired) electrons. The Hall–Kier alpha value is -3.57. The molecule has 0 fully saturated rings. The second kappa shape index (κ2) is 7.29. The van der Waals surface area contributed by atoms with Gasteiger partial charge < -0.3 is 9.15 Å². The van der Waals surface area contributed by atoms with Crippen LogP contribution >= 0.6 is 11.6 Å². The first-order valence-electron chi connectivity index (χ1n) is 9.78. The fourth-order valence-electron chi connectivity index (χ4n) is 4.04. The van der Waals surface area contributed by atoms with Crippen molar-refractivity contribution < 1.29 is 13.9 Å². The summed E-state index contributed by atoms with van der Waals surface area (Å²) in [6, 6.07) is 19.2. The van der Waals surface area contributed by atoms with Crippen molar-refractivity contribution >= 4 is 34.2 Å². The number of carbonyl (C=O) groups is 1. The standard InChI is InChI=1S/C25H18ClNO4/c1-14-6-8-15(9-7-14)22-21-23(28)19-12-16(26)10-11-20(19)31-24(21)25(29)27(22)17-4-3-5-18(13-17)30-2/h3-13,22H,1-2H3. The number of hydrogen-bond donors (Lipinski definition) is 0. The summed E-state index contributed by atoms with van der Waals surface area (Å²) < 4.78 is 11.3. The number of methoxy groups -OCH3 is 1. The van der Waals surface area contributed by atoms with Gasteiger partial charge in [-0.1, -0.05) is 47.5 Å². The van der Waals surface area contributed by atoms with E-state index >= 15 is 0 Å². The molecule has 0 spiro atoms. The second-order valence-electron chi connectivity index (χ2n) is 7.50. The van der Waals surface area contributed by atoms with E-state index in [-0.39, 0.29) is 17.1 Å². The van der Waals surface area contributed by atoms with Crippen LogP contribution < -0.4 is 15.1 Å². The maximum Gasteiger partial charge on any atom is 0.295 e. The molecular weight excluding hydrogens is 414 g/mol. The summed E-state index contributed by atoms with van der Waals surface area (Å²) in [6.45, 7) is 1.99. The molecule has 4 aromatic rings.